The highest BCUT2D eigenvalue weighted by Crippen LogP contribution is 2.49. The van der Waals surface area contributed by atoms with Crippen LogP contribution >= 0.6 is 11.6 Å². The van der Waals surface area contributed by atoms with Gasteiger partial charge in [-0.3, -0.25) is 9.59 Å². The molecule has 0 unspecified atom stereocenters. The number of hydrogen-bond donors (Lipinski definition) is 2. The molecule has 6 atom stereocenters. The summed E-state index contributed by atoms with van der Waals surface area (Å²) in [6, 6.07) is 13.7. The highest BCUT2D eigenvalue weighted by atomic mass is 35.5. The van der Waals surface area contributed by atoms with Crippen LogP contribution < -0.4 is 19.7 Å². The molecule has 46 heavy (non-hydrogen) atoms. The highest BCUT2D eigenvalue weighted by Gasteiger charge is 2.50. The number of carbonyl (C=O) groups excluding carboxylic acids is 2. The molecule has 2 bridgehead atoms. The van der Waals surface area contributed by atoms with Crippen molar-refractivity contribution >= 4 is 39.1 Å². The van der Waals surface area contributed by atoms with Gasteiger partial charge in [0.1, 0.15) is 11.3 Å². The molecule has 2 heterocycles. The van der Waals surface area contributed by atoms with Crippen molar-refractivity contribution in [1.29, 1.82) is 5.26 Å². The third-order valence-electron chi connectivity index (χ3n) is 11.2. The van der Waals surface area contributed by atoms with Crippen molar-refractivity contribution in [1.82, 2.24) is 10.0 Å². The standard InChI is InChI=1S/C35H43ClN4O5S/c1-22-6-4-15-35(19-37,38-24(3)41)30-11-8-27(30)18-40-20-34(14-5-7-25-16-28(36)10-12-29(25)34)21-45-32-13-9-26(17-31(32)40)33(42)39-46(43,44)23(22)2/h9-10,12-13,16-17,22-23,27,30H,4-8,11,14-15,18,20-21H2,1-3H3,(H,38,41)(H,39,42)/t22-,23+,27-,30+,34-,35-/m0/s1. The predicted octanol–water partition coefficient (Wildman–Crippen LogP) is 5.51. The van der Waals surface area contributed by atoms with Gasteiger partial charge in [0, 0.05) is 36.0 Å². The number of aryl methyl sites for hydroxylation is 1. The van der Waals surface area contributed by atoms with E-state index in [-0.39, 0.29) is 34.6 Å². The van der Waals surface area contributed by atoms with Gasteiger partial charge in [-0.25, -0.2) is 13.1 Å². The molecule has 246 valence electrons. The maximum Gasteiger partial charge on any atom is 0.264 e. The second-order valence-corrected chi connectivity index (χ2v) is 16.5. The zero-order valence-corrected chi connectivity index (χ0v) is 28.3. The molecule has 1 saturated carbocycles. The second-order valence-electron chi connectivity index (χ2n) is 14.0. The Morgan fingerprint density at radius 3 is 2.65 bits per heavy atom. The monoisotopic (exact) mass is 666 g/mol. The van der Waals surface area contributed by atoms with Gasteiger partial charge in [-0.05, 0) is 118 Å². The van der Waals surface area contributed by atoms with Gasteiger partial charge in [-0.15, -0.1) is 0 Å². The summed E-state index contributed by atoms with van der Waals surface area (Å²) in [6.07, 6.45) is 6.07. The van der Waals surface area contributed by atoms with Gasteiger partial charge < -0.3 is 15.0 Å². The third kappa shape index (κ3) is 5.97. The van der Waals surface area contributed by atoms with Crippen molar-refractivity contribution in [3.05, 3.63) is 58.1 Å². The largest absolute Gasteiger partial charge is 0.490 e. The number of sulfonamides is 1. The van der Waals surface area contributed by atoms with Crippen LogP contribution in [-0.4, -0.2) is 50.7 Å². The van der Waals surface area contributed by atoms with Gasteiger partial charge in [-0.2, -0.15) is 5.26 Å². The lowest BCUT2D eigenvalue weighted by Gasteiger charge is -2.49. The quantitative estimate of drug-likeness (QED) is 0.411. The minimum absolute atomic E-state index is 0.0710. The van der Waals surface area contributed by atoms with Crippen LogP contribution in [-0.2, 0) is 26.7 Å². The van der Waals surface area contributed by atoms with Crippen molar-refractivity contribution in [3.8, 4) is 11.8 Å². The fourth-order valence-electron chi connectivity index (χ4n) is 8.32. The Morgan fingerprint density at radius 1 is 1.13 bits per heavy atom. The minimum atomic E-state index is -3.99. The molecule has 0 radical (unpaired) electrons. The van der Waals surface area contributed by atoms with Crippen LogP contribution in [0.1, 0.15) is 87.2 Å². The van der Waals surface area contributed by atoms with E-state index in [2.05, 4.69) is 27.1 Å². The molecular weight excluding hydrogens is 624 g/mol. The van der Waals surface area contributed by atoms with Crippen molar-refractivity contribution in [2.75, 3.05) is 24.6 Å². The lowest BCUT2D eigenvalue weighted by Crippen LogP contribution is -2.59. The Bertz CT molecular complexity index is 1690. The van der Waals surface area contributed by atoms with Crippen molar-refractivity contribution in [2.45, 2.75) is 88.3 Å². The zero-order chi connectivity index (χ0) is 32.9. The molecule has 2 aliphatic carbocycles. The molecule has 0 saturated heterocycles. The Balaban J connectivity index is 1.46. The predicted molar refractivity (Wildman–Crippen MR) is 177 cm³/mol. The average Bonchev–Trinajstić information content (AvgIpc) is 3.14. The summed E-state index contributed by atoms with van der Waals surface area (Å²) in [5.41, 5.74) is 2.00. The van der Waals surface area contributed by atoms with Gasteiger partial charge >= 0.3 is 0 Å². The summed E-state index contributed by atoms with van der Waals surface area (Å²) in [5, 5.41) is 13.6. The van der Waals surface area contributed by atoms with Crippen LogP contribution in [0.2, 0.25) is 5.02 Å². The van der Waals surface area contributed by atoms with Gasteiger partial charge in [0.15, 0.2) is 0 Å². The van der Waals surface area contributed by atoms with E-state index < -0.39 is 26.7 Å². The second kappa shape index (κ2) is 12.4. The first-order chi connectivity index (χ1) is 21.9. The molecule has 2 aromatic carbocycles. The summed E-state index contributed by atoms with van der Waals surface area (Å²) in [7, 11) is -3.99. The number of carbonyl (C=O) groups is 2. The fraction of sp³-hybridized carbons (Fsp3) is 0.571. The summed E-state index contributed by atoms with van der Waals surface area (Å²) in [5.74, 6) is -0.513. The maximum absolute atomic E-state index is 13.5. The van der Waals surface area contributed by atoms with E-state index in [9.17, 15) is 23.3 Å². The number of anilines is 1. The van der Waals surface area contributed by atoms with E-state index in [1.54, 1.807) is 25.1 Å². The van der Waals surface area contributed by atoms with E-state index >= 15 is 0 Å². The molecule has 1 spiro atoms. The van der Waals surface area contributed by atoms with Gasteiger partial charge in [0.2, 0.25) is 15.9 Å². The van der Waals surface area contributed by atoms with Crippen molar-refractivity contribution in [2.24, 2.45) is 17.8 Å². The zero-order valence-electron chi connectivity index (χ0n) is 26.8. The summed E-state index contributed by atoms with van der Waals surface area (Å²) < 4.78 is 35.6. The Hall–Kier alpha value is -3.29. The number of hydrogen-bond acceptors (Lipinski definition) is 7. The molecule has 11 heteroatoms. The average molecular weight is 667 g/mol. The normalized spacial score (nSPS) is 32.3. The first kappa shape index (κ1) is 32.6. The van der Waals surface area contributed by atoms with Crippen LogP contribution in [0.4, 0.5) is 5.69 Å². The van der Waals surface area contributed by atoms with Crippen LogP contribution in [0.3, 0.4) is 0 Å². The molecule has 6 rings (SSSR count). The molecule has 2 aromatic rings. The highest BCUT2D eigenvalue weighted by molar-refractivity contribution is 7.90. The number of benzene rings is 2. The Kier molecular flexibility index (Phi) is 8.79. The number of halogens is 1. The van der Waals surface area contributed by atoms with Crippen LogP contribution in [0.25, 0.3) is 0 Å². The lowest BCUT2D eigenvalue weighted by molar-refractivity contribution is -0.121. The van der Waals surface area contributed by atoms with Gasteiger partial charge in [0.25, 0.3) is 5.91 Å². The number of nitriles is 1. The van der Waals surface area contributed by atoms with Gasteiger partial charge in [0.05, 0.1) is 23.6 Å². The number of ether oxygens (including phenoxy) is 1. The number of fused-ring (bicyclic) bond motifs is 4. The Morgan fingerprint density at radius 2 is 1.93 bits per heavy atom. The van der Waals surface area contributed by atoms with Crippen LogP contribution in [0, 0.1) is 29.1 Å². The first-order valence-electron chi connectivity index (χ1n) is 16.4. The molecular formula is C35H43ClN4O5S. The van der Waals surface area contributed by atoms with Gasteiger partial charge in [-0.1, -0.05) is 24.6 Å². The fourth-order valence-corrected chi connectivity index (χ4v) is 9.83. The Labute approximate surface area is 277 Å². The lowest BCUT2D eigenvalue weighted by atomic mass is 9.61. The molecule has 1 fully saturated rings. The number of nitrogens with zero attached hydrogens (tertiary/aromatic N) is 2. The number of nitrogens with one attached hydrogen (secondary N) is 2. The molecule has 2 N–H and O–H groups in total. The first-order valence-corrected chi connectivity index (χ1v) is 18.4. The van der Waals surface area contributed by atoms with E-state index in [1.807, 2.05) is 19.1 Å². The number of rotatable bonds is 1. The van der Waals surface area contributed by atoms with Crippen molar-refractivity contribution in [3.63, 3.8) is 0 Å². The van der Waals surface area contributed by atoms with E-state index in [0.717, 1.165) is 37.8 Å². The number of amides is 2. The maximum atomic E-state index is 13.5. The van der Waals surface area contributed by atoms with Crippen LogP contribution in [0.5, 0.6) is 5.75 Å². The summed E-state index contributed by atoms with van der Waals surface area (Å²) in [6.45, 7) is 6.58. The molecule has 9 nitrogen and oxygen atoms in total. The minimum Gasteiger partial charge on any atom is -0.490 e. The van der Waals surface area contributed by atoms with Crippen molar-refractivity contribution < 1.29 is 22.7 Å². The molecule has 2 aliphatic heterocycles. The SMILES string of the molecule is CC(=O)N[C@]1(C#N)CCC[C@H](C)[C@@H](C)S(=O)(=O)NC(=O)c2ccc3c(c2)N(C[C@@H]2CC[C@H]21)C[C@@]1(CCCc2cc(Cl)ccc21)CO3. The van der Waals surface area contributed by atoms with Crippen LogP contribution in [0.15, 0.2) is 36.4 Å². The third-order valence-corrected chi connectivity index (χ3v) is 13.3. The topological polar surface area (TPSA) is 129 Å². The summed E-state index contributed by atoms with van der Waals surface area (Å²) >= 11 is 6.41. The molecule has 4 aliphatic rings. The molecule has 2 amide bonds. The summed E-state index contributed by atoms with van der Waals surface area (Å²) in [4.78, 5) is 28.2. The smallest absolute Gasteiger partial charge is 0.264 e. The van der Waals surface area contributed by atoms with E-state index in [0.29, 0.717) is 49.7 Å². The van der Waals surface area contributed by atoms with E-state index in [4.69, 9.17) is 16.3 Å². The molecule has 0 aromatic heterocycles. The van der Waals surface area contributed by atoms with E-state index in [1.165, 1.54) is 18.1 Å².